The maximum Gasteiger partial charge on any atom is 0.336 e. The van der Waals surface area contributed by atoms with Crippen LogP contribution in [0.3, 0.4) is 0 Å². The van der Waals surface area contributed by atoms with E-state index in [-0.39, 0.29) is 19.3 Å². The Hall–Kier alpha value is -2.09. The van der Waals surface area contributed by atoms with Gasteiger partial charge in [-0.15, -0.1) is 23.1 Å². The van der Waals surface area contributed by atoms with Gasteiger partial charge in [-0.2, -0.15) is 0 Å². The van der Waals surface area contributed by atoms with Crippen molar-refractivity contribution < 1.29 is 39.2 Å². The van der Waals surface area contributed by atoms with Gasteiger partial charge in [-0.05, 0) is 65.0 Å². The van der Waals surface area contributed by atoms with Crippen molar-refractivity contribution in [1.82, 2.24) is 10.3 Å². The van der Waals surface area contributed by atoms with E-state index in [4.69, 9.17) is 9.47 Å². The number of hydrogen-bond donors (Lipinski definition) is 4. The number of ketones is 1. The number of thioether (sulfide) groups is 1. The number of ether oxygens (including phenoxy) is 2. The maximum atomic E-state index is 13.6. The summed E-state index contributed by atoms with van der Waals surface area (Å²) in [6.07, 6.45) is 6.42. The summed E-state index contributed by atoms with van der Waals surface area (Å²) < 4.78 is 10.3. The second-order valence-electron chi connectivity index (χ2n) is 10.8. The lowest BCUT2D eigenvalue weighted by atomic mass is 9.77. The first-order chi connectivity index (χ1) is 18.3. The molecule has 0 aliphatic carbocycles. The van der Waals surface area contributed by atoms with E-state index in [0.717, 1.165) is 31.5 Å². The number of carboxylic acids is 1. The third-order valence-electron chi connectivity index (χ3n) is 7.67. The van der Waals surface area contributed by atoms with Crippen LogP contribution in [-0.4, -0.2) is 78.2 Å². The zero-order valence-corrected chi connectivity index (χ0v) is 23.9. The number of carbonyl (C=O) groups excluding carboxylic acids is 2. The molecule has 10 nitrogen and oxygen atoms in total. The fourth-order valence-electron chi connectivity index (χ4n) is 5.13. The topological polar surface area (TPSA) is 155 Å². The Balaban J connectivity index is 1.80. The Morgan fingerprint density at radius 2 is 2.00 bits per heavy atom. The second-order valence-corrected chi connectivity index (χ2v) is 13.2. The minimum absolute atomic E-state index is 0.0169. The van der Waals surface area contributed by atoms with Gasteiger partial charge in [-0.25, -0.2) is 9.78 Å². The number of aliphatic carboxylic acids is 1. The minimum Gasteiger partial charge on any atom is -0.479 e. The number of fused-ring (bicyclic) bond motifs is 4. The number of amides is 1. The zero-order valence-electron chi connectivity index (χ0n) is 22.3. The highest BCUT2D eigenvalue weighted by Crippen LogP contribution is 2.54. The molecule has 1 aromatic heterocycles. The Morgan fingerprint density at radius 3 is 2.69 bits per heavy atom. The van der Waals surface area contributed by atoms with Gasteiger partial charge in [0.25, 0.3) is 0 Å². The van der Waals surface area contributed by atoms with Crippen LogP contribution in [0.4, 0.5) is 0 Å². The van der Waals surface area contributed by atoms with Gasteiger partial charge in [0.05, 0.1) is 27.3 Å². The first kappa shape index (κ1) is 29.9. The third-order valence-corrected chi connectivity index (χ3v) is 10.9. The third kappa shape index (κ3) is 6.47. The molecule has 7 atom stereocenters. The molecule has 0 saturated carbocycles. The molecule has 2 saturated heterocycles. The number of aromatic nitrogens is 1. The summed E-state index contributed by atoms with van der Waals surface area (Å²) in [4.78, 5) is 43.8. The van der Waals surface area contributed by atoms with Crippen molar-refractivity contribution >= 4 is 46.8 Å². The number of allylic oxidation sites excluding steroid dienone is 2. The van der Waals surface area contributed by atoms with E-state index < -0.39 is 57.3 Å². The van der Waals surface area contributed by atoms with Gasteiger partial charge in [0.15, 0.2) is 17.7 Å². The van der Waals surface area contributed by atoms with E-state index in [9.17, 15) is 29.7 Å². The van der Waals surface area contributed by atoms with Crippen LogP contribution in [-0.2, 0) is 23.9 Å². The first-order valence-corrected chi connectivity index (χ1v) is 14.9. The van der Waals surface area contributed by atoms with Gasteiger partial charge in [0, 0.05) is 18.4 Å². The van der Waals surface area contributed by atoms with Crippen LogP contribution >= 0.6 is 23.1 Å². The van der Waals surface area contributed by atoms with Crippen LogP contribution in [0.2, 0.25) is 0 Å². The van der Waals surface area contributed by atoms with Gasteiger partial charge < -0.3 is 30.1 Å². The maximum absolute atomic E-state index is 13.6. The molecule has 3 aliphatic heterocycles. The molecular formula is C27H36N2O8S2. The van der Waals surface area contributed by atoms with Gasteiger partial charge >= 0.3 is 5.97 Å². The van der Waals surface area contributed by atoms with E-state index in [0.29, 0.717) is 23.7 Å². The summed E-state index contributed by atoms with van der Waals surface area (Å²) in [6.45, 7) is 4.99. The number of rotatable bonds is 4. The molecule has 4 heterocycles. The second kappa shape index (κ2) is 11.8. The molecule has 0 aromatic carbocycles. The van der Waals surface area contributed by atoms with E-state index in [1.807, 2.05) is 5.38 Å². The van der Waals surface area contributed by atoms with Crippen LogP contribution in [0.25, 0.3) is 6.08 Å². The highest BCUT2D eigenvalue weighted by Gasteiger charge is 2.61. The lowest BCUT2D eigenvalue weighted by Crippen LogP contribution is -2.64. The van der Waals surface area contributed by atoms with Gasteiger partial charge in [-0.3, -0.25) is 9.59 Å². The van der Waals surface area contributed by atoms with Gasteiger partial charge in [0.1, 0.15) is 11.1 Å². The van der Waals surface area contributed by atoms with Gasteiger partial charge in [0.2, 0.25) is 5.91 Å². The Kier molecular flexibility index (Phi) is 9.04. The van der Waals surface area contributed by atoms with Crippen molar-refractivity contribution in [1.29, 1.82) is 0 Å². The fraction of sp³-hybridized carbons (Fsp3) is 0.630. The van der Waals surface area contributed by atoms with Crippen LogP contribution in [0.15, 0.2) is 23.6 Å². The average molecular weight is 581 g/mol. The van der Waals surface area contributed by atoms with Crippen LogP contribution in [0.1, 0.15) is 76.0 Å². The van der Waals surface area contributed by atoms with E-state index in [2.05, 4.69) is 10.3 Å². The Labute approximate surface area is 235 Å². The zero-order chi connectivity index (χ0) is 28.4. The molecule has 4 N–H and O–H groups in total. The quantitative estimate of drug-likeness (QED) is 0.418. The van der Waals surface area contributed by atoms with Crippen molar-refractivity contribution in [3.05, 3.63) is 34.3 Å². The van der Waals surface area contributed by atoms with Crippen molar-refractivity contribution in [2.24, 2.45) is 0 Å². The summed E-state index contributed by atoms with van der Waals surface area (Å²) >= 11 is 2.30. The molecule has 3 aliphatic rings. The molecule has 0 radical (unpaired) electrons. The monoisotopic (exact) mass is 580 g/mol. The standard InChI is InChI=1S/C27H36N2O8S2/c1-16-23-29-17(15-38-23)8-4-5-9-18(30)21(37-20-10-6-7-13-36-20)22-25(2,34)11-12-27(39-22,14-19(31)28-16)26(3,35)24(32)33/h4-5,8-9,15-16,20-22,34-35H,6-7,10-14H2,1-3H3,(H,28,31)(H,32,33)/b8-4-,9-5+/t16-,20-,21+,22+,25-,26+,27-/m1/s1. The molecule has 0 spiro atoms. The summed E-state index contributed by atoms with van der Waals surface area (Å²) in [5, 5.41) is 37.3. The summed E-state index contributed by atoms with van der Waals surface area (Å²) in [6, 6.07) is -0.450. The largest absolute Gasteiger partial charge is 0.479 e. The van der Waals surface area contributed by atoms with Crippen molar-refractivity contribution in [3.63, 3.8) is 0 Å². The van der Waals surface area contributed by atoms with E-state index in [1.165, 1.54) is 17.4 Å². The molecule has 4 bridgehead atoms. The lowest BCUT2D eigenvalue weighted by Gasteiger charge is -2.53. The predicted octanol–water partition coefficient (Wildman–Crippen LogP) is 3.00. The SMILES string of the molecule is C[C@H]1NC(=O)C[C@@]2([C@@](C)(O)C(=O)O)CC[C@@](C)(O)[C@@H](S2)[C@@H](O[C@@H]2CCCCO2)C(=O)/C=C/C=C\c2csc1n2. The summed E-state index contributed by atoms with van der Waals surface area (Å²) in [5.41, 5.74) is -3.17. The molecular weight excluding hydrogens is 544 g/mol. The van der Waals surface area contributed by atoms with Crippen LogP contribution in [0.5, 0.6) is 0 Å². The number of aliphatic hydroxyl groups is 2. The first-order valence-electron chi connectivity index (χ1n) is 13.1. The Morgan fingerprint density at radius 1 is 1.26 bits per heavy atom. The molecule has 0 unspecified atom stereocenters. The highest BCUT2D eigenvalue weighted by atomic mass is 32.2. The summed E-state index contributed by atoms with van der Waals surface area (Å²) in [5.74, 6) is -2.42. The number of nitrogens with zero attached hydrogens (tertiary/aromatic N) is 1. The van der Waals surface area contributed by atoms with E-state index in [1.54, 1.807) is 32.1 Å². The molecule has 12 heteroatoms. The van der Waals surface area contributed by atoms with Crippen molar-refractivity contribution in [3.8, 4) is 0 Å². The molecule has 1 aromatic rings. The Bertz CT molecular complexity index is 1140. The highest BCUT2D eigenvalue weighted by molar-refractivity contribution is 8.01. The predicted molar refractivity (Wildman–Crippen MR) is 147 cm³/mol. The number of thiazole rings is 1. The normalized spacial score (nSPS) is 37.4. The van der Waals surface area contributed by atoms with Gasteiger partial charge in [-0.1, -0.05) is 12.2 Å². The average Bonchev–Trinajstić information content (AvgIpc) is 3.35. The molecule has 4 rings (SSSR count). The van der Waals surface area contributed by atoms with Crippen LogP contribution in [0, 0.1) is 0 Å². The molecule has 214 valence electrons. The number of carbonyl (C=O) groups is 3. The minimum atomic E-state index is -2.36. The summed E-state index contributed by atoms with van der Waals surface area (Å²) in [7, 11) is 0. The number of carboxylic acid groups (broad SMARTS) is 1. The molecule has 39 heavy (non-hydrogen) atoms. The van der Waals surface area contributed by atoms with Crippen molar-refractivity contribution in [2.45, 2.75) is 98.9 Å². The molecule has 1 amide bonds. The van der Waals surface area contributed by atoms with E-state index >= 15 is 0 Å². The molecule has 2 fully saturated rings. The lowest BCUT2D eigenvalue weighted by molar-refractivity contribution is -0.197. The number of hydrogen-bond acceptors (Lipinski definition) is 10. The smallest absolute Gasteiger partial charge is 0.336 e. The fourth-order valence-corrected chi connectivity index (χ4v) is 7.85. The number of nitrogens with one attached hydrogen (secondary N) is 1. The van der Waals surface area contributed by atoms with Crippen molar-refractivity contribution in [2.75, 3.05) is 6.61 Å². The van der Waals surface area contributed by atoms with Crippen LogP contribution < -0.4 is 5.32 Å².